The van der Waals surface area contributed by atoms with Crippen LogP contribution < -0.4 is 0 Å². The summed E-state index contributed by atoms with van der Waals surface area (Å²) in [5.74, 6) is 1.55. The van der Waals surface area contributed by atoms with E-state index in [4.69, 9.17) is 4.74 Å². The van der Waals surface area contributed by atoms with Crippen LogP contribution in [0.15, 0.2) is 0 Å². The molecule has 2 heteroatoms. The normalized spacial score (nSPS) is 20.2. The number of carbonyl (C=O) groups excluding carboxylic acids is 1. The van der Waals surface area contributed by atoms with Gasteiger partial charge in [-0.15, -0.1) is 0 Å². The van der Waals surface area contributed by atoms with Gasteiger partial charge in [-0.05, 0) is 36.5 Å². The minimum absolute atomic E-state index is 0.0290. The molecule has 0 spiro atoms. The van der Waals surface area contributed by atoms with E-state index in [2.05, 4.69) is 27.7 Å². The lowest BCUT2D eigenvalue weighted by atomic mass is 9.89. The third-order valence-electron chi connectivity index (χ3n) is 5.26. The lowest BCUT2D eigenvalue weighted by Crippen LogP contribution is -2.07. The van der Waals surface area contributed by atoms with Crippen molar-refractivity contribution in [2.75, 3.05) is 6.61 Å². The van der Waals surface area contributed by atoms with Gasteiger partial charge in [-0.25, -0.2) is 0 Å². The highest BCUT2D eigenvalue weighted by atomic mass is 16.5. The lowest BCUT2D eigenvalue weighted by Gasteiger charge is -2.17. The summed E-state index contributed by atoms with van der Waals surface area (Å²) in [4.78, 5) is 11.8. The predicted octanol–water partition coefficient (Wildman–Crippen LogP) is 6.91. The van der Waals surface area contributed by atoms with Crippen molar-refractivity contribution >= 4 is 5.97 Å². The second kappa shape index (κ2) is 11.9. The van der Waals surface area contributed by atoms with E-state index in [1.54, 1.807) is 0 Å². The molecule has 0 aromatic heterocycles. The fraction of sp³-hybridized carbons (Fsp3) is 0.955. The molecule has 2 unspecified atom stereocenters. The number of carbonyl (C=O) groups is 1. The second-order valence-electron chi connectivity index (χ2n) is 9.12. The Morgan fingerprint density at radius 3 is 2.29 bits per heavy atom. The van der Waals surface area contributed by atoms with Crippen LogP contribution in [0, 0.1) is 17.3 Å². The van der Waals surface area contributed by atoms with E-state index in [9.17, 15) is 4.79 Å². The molecule has 24 heavy (non-hydrogen) atoms. The molecular weight excluding hydrogens is 296 g/mol. The van der Waals surface area contributed by atoms with Crippen molar-refractivity contribution in [1.29, 1.82) is 0 Å². The molecule has 0 amide bonds. The minimum atomic E-state index is 0.0290. The van der Waals surface area contributed by atoms with E-state index in [1.165, 1.54) is 70.6 Å². The first-order chi connectivity index (χ1) is 11.4. The van der Waals surface area contributed by atoms with Gasteiger partial charge in [-0.3, -0.25) is 4.79 Å². The highest BCUT2D eigenvalue weighted by Crippen LogP contribution is 2.42. The molecule has 1 saturated carbocycles. The van der Waals surface area contributed by atoms with E-state index in [-0.39, 0.29) is 5.97 Å². The minimum Gasteiger partial charge on any atom is -0.465 e. The van der Waals surface area contributed by atoms with Crippen LogP contribution in [0.5, 0.6) is 0 Å². The van der Waals surface area contributed by atoms with Gasteiger partial charge in [0.05, 0.1) is 6.61 Å². The Morgan fingerprint density at radius 2 is 1.58 bits per heavy atom. The van der Waals surface area contributed by atoms with Crippen molar-refractivity contribution in [3.63, 3.8) is 0 Å². The number of rotatable bonds is 14. The van der Waals surface area contributed by atoms with Crippen molar-refractivity contribution in [3.8, 4) is 0 Å². The van der Waals surface area contributed by atoms with Crippen molar-refractivity contribution in [1.82, 2.24) is 0 Å². The predicted molar refractivity (Wildman–Crippen MR) is 103 cm³/mol. The molecule has 1 aliphatic rings. The maximum Gasteiger partial charge on any atom is 0.305 e. The van der Waals surface area contributed by atoms with E-state index >= 15 is 0 Å². The smallest absolute Gasteiger partial charge is 0.305 e. The van der Waals surface area contributed by atoms with Crippen molar-refractivity contribution < 1.29 is 9.53 Å². The Bertz CT molecular complexity index is 329. The van der Waals surface area contributed by atoms with E-state index in [0.717, 1.165) is 12.3 Å². The van der Waals surface area contributed by atoms with Crippen LogP contribution in [0.4, 0.5) is 0 Å². The van der Waals surface area contributed by atoms with E-state index < -0.39 is 0 Å². The van der Waals surface area contributed by atoms with Gasteiger partial charge >= 0.3 is 5.97 Å². The quantitative estimate of drug-likeness (QED) is 0.254. The molecule has 1 aliphatic carbocycles. The topological polar surface area (TPSA) is 26.3 Å². The van der Waals surface area contributed by atoms with Gasteiger partial charge < -0.3 is 4.74 Å². The van der Waals surface area contributed by atoms with Crippen LogP contribution in [0.2, 0.25) is 0 Å². The van der Waals surface area contributed by atoms with Crippen LogP contribution in [-0.4, -0.2) is 12.6 Å². The summed E-state index contributed by atoms with van der Waals surface area (Å²) in [6, 6.07) is 0. The highest BCUT2D eigenvalue weighted by Gasteiger charge is 2.36. The molecule has 1 rings (SSSR count). The molecule has 0 bridgehead atoms. The summed E-state index contributed by atoms with van der Waals surface area (Å²) in [5, 5.41) is 0. The van der Waals surface area contributed by atoms with Crippen LogP contribution in [0.25, 0.3) is 0 Å². The second-order valence-corrected chi connectivity index (χ2v) is 9.12. The Morgan fingerprint density at radius 1 is 0.917 bits per heavy atom. The number of ether oxygens (including phenoxy) is 1. The fourth-order valence-corrected chi connectivity index (χ4v) is 3.43. The van der Waals surface area contributed by atoms with Gasteiger partial charge in [0, 0.05) is 6.42 Å². The summed E-state index contributed by atoms with van der Waals surface area (Å²) in [6.45, 7) is 9.85. The van der Waals surface area contributed by atoms with Gasteiger partial charge in [0.25, 0.3) is 0 Å². The van der Waals surface area contributed by atoms with Gasteiger partial charge in [-0.2, -0.15) is 0 Å². The third kappa shape index (κ3) is 11.9. The first-order valence-corrected chi connectivity index (χ1v) is 10.6. The lowest BCUT2D eigenvalue weighted by molar-refractivity contribution is -0.144. The summed E-state index contributed by atoms with van der Waals surface area (Å²) < 4.78 is 5.46. The molecule has 2 atom stereocenters. The molecular formula is C22H42O2. The first-order valence-electron chi connectivity index (χ1n) is 10.6. The standard InChI is InChI=1S/C22H42O2/c1-5-6-7-11-14-19-17-20(19)18-24-21(23)15-12-9-8-10-13-16-22(2,3)4/h19-20H,5-18H2,1-4H3. The largest absolute Gasteiger partial charge is 0.465 e. The number of hydrogen-bond acceptors (Lipinski definition) is 2. The van der Waals surface area contributed by atoms with Crippen LogP contribution in [-0.2, 0) is 9.53 Å². The molecule has 142 valence electrons. The summed E-state index contributed by atoms with van der Waals surface area (Å²) in [5.41, 5.74) is 0.459. The molecule has 0 heterocycles. The van der Waals surface area contributed by atoms with E-state index in [1.807, 2.05) is 0 Å². The number of unbranched alkanes of at least 4 members (excludes halogenated alkanes) is 7. The van der Waals surface area contributed by atoms with Crippen LogP contribution in [0.3, 0.4) is 0 Å². The SMILES string of the molecule is CCCCCCC1CC1COC(=O)CCCCCCCC(C)(C)C. The van der Waals surface area contributed by atoms with Gasteiger partial charge in [-0.1, -0.05) is 85.5 Å². The molecule has 1 fully saturated rings. The van der Waals surface area contributed by atoms with Gasteiger partial charge in [0.1, 0.15) is 0 Å². The van der Waals surface area contributed by atoms with Gasteiger partial charge in [0.2, 0.25) is 0 Å². The zero-order chi connectivity index (χ0) is 17.8. The Balaban J connectivity index is 1.86. The summed E-state index contributed by atoms with van der Waals surface area (Å²) in [6.07, 6.45) is 16.0. The number of esters is 1. The molecule has 0 aromatic carbocycles. The molecule has 0 aromatic rings. The molecule has 0 N–H and O–H groups in total. The van der Waals surface area contributed by atoms with Gasteiger partial charge in [0.15, 0.2) is 0 Å². The first kappa shape index (κ1) is 21.5. The number of hydrogen-bond donors (Lipinski definition) is 0. The molecule has 2 nitrogen and oxygen atoms in total. The molecule has 0 radical (unpaired) electrons. The Hall–Kier alpha value is -0.530. The molecule has 0 saturated heterocycles. The maximum atomic E-state index is 11.8. The summed E-state index contributed by atoms with van der Waals surface area (Å²) >= 11 is 0. The maximum absolute atomic E-state index is 11.8. The zero-order valence-electron chi connectivity index (χ0n) is 16.9. The fourth-order valence-electron chi connectivity index (χ4n) is 3.43. The van der Waals surface area contributed by atoms with Crippen molar-refractivity contribution in [2.45, 2.75) is 111 Å². The third-order valence-corrected chi connectivity index (χ3v) is 5.26. The summed E-state index contributed by atoms with van der Waals surface area (Å²) in [7, 11) is 0. The Kier molecular flexibility index (Phi) is 10.7. The van der Waals surface area contributed by atoms with Crippen LogP contribution in [0.1, 0.15) is 111 Å². The average Bonchev–Trinajstić information content (AvgIpc) is 3.26. The molecule has 0 aliphatic heterocycles. The monoisotopic (exact) mass is 338 g/mol. The van der Waals surface area contributed by atoms with E-state index in [0.29, 0.717) is 24.4 Å². The van der Waals surface area contributed by atoms with Crippen molar-refractivity contribution in [2.24, 2.45) is 17.3 Å². The Labute approximate surface area is 151 Å². The zero-order valence-corrected chi connectivity index (χ0v) is 16.9. The van der Waals surface area contributed by atoms with Crippen molar-refractivity contribution in [3.05, 3.63) is 0 Å². The van der Waals surface area contributed by atoms with Crippen LogP contribution >= 0.6 is 0 Å². The highest BCUT2D eigenvalue weighted by molar-refractivity contribution is 5.69. The average molecular weight is 339 g/mol.